The van der Waals surface area contributed by atoms with E-state index in [4.69, 9.17) is 11.6 Å². The maximum Gasteiger partial charge on any atom is 0.161 e. The summed E-state index contributed by atoms with van der Waals surface area (Å²) in [6, 6.07) is 8.03. The van der Waals surface area contributed by atoms with Crippen LogP contribution in [0.15, 0.2) is 36.4 Å². The molecule has 0 saturated carbocycles. The smallest absolute Gasteiger partial charge is 0.161 e. The molecule has 1 N–H and O–H groups in total. The van der Waals surface area contributed by atoms with Gasteiger partial charge < -0.3 is 5.32 Å². The number of hydrogen-bond donors (Lipinski definition) is 1. The van der Waals surface area contributed by atoms with Gasteiger partial charge in [-0.25, -0.2) is 13.2 Å². The van der Waals surface area contributed by atoms with Crippen LogP contribution in [-0.4, -0.2) is 0 Å². The Morgan fingerprint density at radius 3 is 2.37 bits per heavy atom. The fourth-order valence-electron chi connectivity index (χ4n) is 1.73. The summed E-state index contributed by atoms with van der Waals surface area (Å²) in [4.78, 5) is 0. The van der Waals surface area contributed by atoms with Crippen LogP contribution in [-0.2, 0) is 0 Å². The lowest BCUT2D eigenvalue weighted by Crippen LogP contribution is -2.08. The first-order valence-electron chi connectivity index (χ1n) is 5.64. The highest BCUT2D eigenvalue weighted by atomic mass is 35.5. The molecule has 2 aromatic rings. The predicted molar refractivity (Wildman–Crippen MR) is 69.8 cm³/mol. The highest BCUT2D eigenvalue weighted by molar-refractivity contribution is 6.30. The van der Waals surface area contributed by atoms with Crippen molar-refractivity contribution in [3.05, 3.63) is 64.4 Å². The van der Waals surface area contributed by atoms with E-state index in [-0.39, 0.29) is 11.7 Å². The first kappa shape index (κ1) is 13.7. The summed E-state index contributed by atoms with van der Waals surface area (Å²) < 4.78 is 39.4. The van der Waals surface area contributed by atoms with Crippen molar-refractivity contribution in [3.63, 3.8) is 0 Å². The quantitative estimate of drug-likeness (QED) is 0.789. The third-order valence-electron chi connectivity index (χ3n) is 2.73. The van der Waals surface area contributed by atoms with Crippen LogP contribution in [0.4, 0.5) is 18.9 Å². The Kier molecular flexibility index (Phi) is 4.00. The van der Waals surface area contributed by atoms with Gasteiger partial charge in [-0.1, -0.05) is 23.7 Å². The summed E-state index contributed by atoms with van der Waals surface area (Å²) in [6.45, 7) is 1.77. The predicted octanol–water partition coefficient (Wildman–Crippen LogP) is 4.93. The topological polar surface area (TPSA) is 12.0 Å². The van der Waals surface area contributed by atoms with Crippen LogP contribution in [0.5, 0.6) is 0 Å². The van der Waals surface area contributed by atoms with Crippen molar-refractivity contribution in [2.45, 2.75) is 13.0 Å². The monoisotopic (exact) mass is 285 g/mol. The van der Waals surface area contributed by atoms with E-state index in [1.807, 2.05) is 0 Å². The Labute approximate surface area is 114 Å². The molecule has 0 aliphatic carbocycles. The molecule has 5 heteroatoms. The van der Waals surface area contributed by atoms with Gasteiger partial charge in [-0.15, -0.1) is 0 Å². The van der Waals surface area contributed by atoms with Gasteiger partial charge in [-0.05, 0) is 24.6 Å². The van der Waals surface area contributed by atoms with Crippen LogP contribution in [0.3, 0.4) is 0 Å². The summed E-state index contributed by atoms with van der Waals surface area (Å²) in [5.74, 6) is -3.14. The first-order valence-corrected chi connectivity index (χ1v) is 6.01. The Morgan fingerprint density at radius 2 is 1.68 bits per heavy atom. The van der Waals surface area contributed by atoms with Crippen molar-refractivity contribution in [1.29, 1.82) is 0 Å². The van der Waals surface area contributed by atoms with Crippen LogP contribution in [0.25, 0.3) is 0 Å². The molecule has 0 aliphatic rings. The lowest BCUT2D eigenvalue weighted by Gasteiger charge is -2.16. The standard InChI is InChI=1S/C14H11ClF3N/c1-8(9-3-2-4-10(15)5-9)19-14-7-12(17)11(16)6-13(14)18/h2-8,19H,1H3. The second-order valence-corrected chi connectivity index (χ2v) is 4.60. The van der Waals surface area contributed by atoms with Crippen LogP contribution in [0.2, 0.25) is 5.02 Å². The van der Waals surface area contributed by atoms with Gasteiger partial charge in [0.1, 0.15) is 5.82 Å². The van der Waals surface area contributed by atoms with Gasteiger partial charge in [0, 0.05) is 23.2 Å². The van der Waals surface area contributed by atoms with Gasteiger partial charge in [0.15, 0.2) is 11.6 Å². The van der Waals surface area contributed by atoms with Crippen LogP contribution < -0.4 is 5.32 Å². The Hall–Kier alpha value is -1.68. The second-order valence-electron chi connectivity index (χ2n) is 4.17. The third kappa shape index (κ3) is 3.20. The van der Waals surface area contributed by atoms with Gasteiger partial charge in [0.2, 0.25) is 0 Å². The van der Waals surface area contributed by atoms with E-state index in [1.54, 1.807) is 31.2 Å². The average Bonchev–Trinajstić information content (AvgIpc) is 2.36. The minimum atomic E-state index is -1.21. The van der Waals surface area contributed by atoms with Crippen molar-refractivity contribution < 1.29 is 13.2 Å². The Balaban J connectivity index is 2.24. The second kappa shape index (κ2) is 5.53. The summed E-state index contributed by atoms with van der Waals surface area (Å²) in [5, 5.41) is 3.33. The minimum Gasteiger partial charge on any atom is -0.376 e. The number of nitrogens with one attached hydrogen (secondary N) is 1. The van der Waals surface area contributed by atoms with E-state index >= 15 is 0 Å². The number of hydrogen-bond acceptors (Lipinski definition) is 1. The summed E-state index contributed by atoms with van der Waals surface area (Å²) >= 11 is 5.86. The molecule has 1 nitrogen and oxygen atoms in total. The zero-order valence-corrected chi connectivity index (χ0v) is 10.8. The molecule has 2 aromatic carbocycles. The van der Waals surface area contributed by atoms with E-state index in [2.05, 4.69) is 5.32 Å². The van der Waals surface area contributed by atoms with Gasteiger partial charge in [-0.3, -0.25) is 0 Å². The maximum atomic E-state index is 13.5. The van der Waals surface area contributed by atoms with Crippen molar-refractivity contribution in [2.24, 2.45) is 0 Å². The number of anilines is 1. The molecule has 0 heterocycles. The molecule has 0 aliphatic heterocycles. The van der Waals surface area contributed by atoms with Crippen molar-refractivity contribution in [3.8, 4) is 0 Å². The van der Waals surface area contributed by atoms with Gasteiger partial charge in [-0.2, -0.15) is 0 Å². The SMILES string of the molecule is CC(Nc1cc(F)c(F)cc1F)c1cccc(Cl)c1. The fraction of sp³-hybridized carbons (Fsp3) is 0.143. The zero-order valence-electron chi connectivity index (χ0n) is 10.1. The third-order valence-corrected chi connectivity index (χ3v) is 2.97. The van der Waals surface area contributed by atoms with E-state index in [0.29, 0.717) is 11.1 Å². The highest BCUT2D eigenvalue weighted by Gasteiger charge is 2.13. The van der Waals surface area contributed by atoms with Crippen LogP contribution in [0.1, 0.15) is 18.5 Å². The molecule has 0 aromatic heterocycles. The maximum absolute atomic E-state index is 13.5. The molecular weight excluding hydrogens is 275 g/mol. The summed E-state index contributed by atoms with van der Waals surface area (Å²) in [7, 11) is 0. The van der Waals surface area contributed by atoms with Crippen molar-refractivity contribution in [1.82, 2.24) is 0 Å². The summed E-state index contributed by atoms with van der Waals surface area (Å²) in [5.41, 5.74) is 0.725. The molecule has 19 heavy (non-hydrogen) atoms. The number of halogens is 4. The van der Waals surface area contributed by atoms with Crippen molar-refractivity contribution >= 4 is 17.3 Å². The van der Waals surface area contributed by atoms with E-state index in [9.17, 15) is 13.2 Å². The average molecular weight is 286 g/mol. The van der Waals surface area contributed by atoms with Crippen LogP contribution >= 0.6 is 11.6 Å². The molecule has 0 amide bonds. The molecular formula is C14H11ClF3N. The normalized spacial score (nSPS) is 12.3. The Morgan fingerprint density at radius 1 is 1.00 bits per heavy atom. The van der Waals surface area contributed by atoms with E-state index in [0.717, 1.165) is 11.6 Å². The molecule has 100 valence electrons. The minimum absolute atomic E-state index is 0.0913. The molecule has 0 fully saturated rings. The number of benzene rings is 2. The molecule has 0 spiro atoms. The lowest BCUT2D eigenvalue weighted by atomic mass is 10.1. The molecule has 1 atom stereocenters. The highest BCUT2D eigenvalue weighted by Crippen LogP contribution is 2.25. The fourth-order valence-corrected chi connectivity index (χ4v) is 1.92. The van der Waals surface area contributed by atoms with E-state index in [1.165, 1.54) is 0 Å². The van der Waals surface area contributed by atoms with Crippen molar-refractivity contribution in [2.75, 3.05) is 5.32 Å². The van der Waals surface area contributed by atoms with Gasteiger partial charge in [0.05, 0.1) is 5.69 Å². The Bertz CT molecular complexity index is 601. The van der Waals surface area contributed by atoms with Gasteiger partial charge >= 0.3 is 0 Å². The van der Waals surface area contributed by atoms with E-state index < -0.39 is 17.5 Å². The molecule has 0 saturated heterocycles. The molecule has 2 rings (SSSR count). The van der Waals surface area contributed by atoms with Gasteiger partial charge in [0.25, 0.3) is 0 Å². The molecule has 0 radical (unpaired) electrons. The first-order chi connectivity index (χ1) is 8.97. The molecule has 0 bridgehead atoms. The van der Waals surface area contributed by atoms with Crippen LogP contribution in [0, 0.1) is 17.5 Å². The summed E-state index contributed by atoms with van der Waals surface area (Å²) in [6.07, 6.45) is 0. The zero-order chi connectivity index (χ0) is 14.0. The largest absolute Gasteiger partial charge is 0.376 e. The number of rotatable bonds is 3. The molecule has 1 unspecified atom stereocenters. The lowest BCUT2D eigenvalue weighted by molar-refractivity contribution is 0.495.